The van der Waals surface area contributed by atoms with Gasteiger partial charge in [-0.1, -0.05) is 0 Å². The van der Waals surface area contributed by atoms with Gasteiger partial charge in [-0.15, -0.1) is 4.98 Å². The summed E-state index contributed by atoms with van der Waals surface area (Å²) in [6, 6.07) is -0.223. The average molecular weight is 255 g/mol. The van der Waals surface area contributed by atoms with E-state index in [9.17, 15) is 4.79 Å². The van der Waals surface area contributed by atoms with Crippen LogP contribution >= 0.6 is 0 Å². The molecule has 0 saturated heterocycles. The Hall–Kier alpha value is -2.12. The maximum Gasteiger partial charge on any atom is 0.324 e. The van der Waals surface area contributed by atoms with E-state index in [0.29, 0.717) is 0 Å². The fourth-order valence-corrected chi connectivity index (χ4v) is 1.23. The molecule has 1 aromatic heterocycles. The number of aromatic nitrogens is 3. The van der Waals surface area contributed by atoms with Gasteiger partial charge in [-0.2, -0.15) is 9.97 Å². The van der Waals surface area contributed by atoms with Crippen LogP contribution in [0.1, 0.15) is 6.92 Å². The largest absolute Gasteiger partial charge is 0.467 e. The minimum atomic E-state index is -0.461. The highest BCUT2D eigenvalue weighted by Gasteiger charge is 2.17. The van der Waals surface area contributed by atoms with Crippen LogP contribution in [0.15, 0.2) is 0 Å². The van der Waals surface area contributed by atoms with Crippen molar-refractivity contribution in [3.63, 3.8) is 0 Å². The number of hydrogen-bond donors (Lipinski definition) is 1. The van der Waals surface area contributed by atoms with Crippen LogP contribution in [-0.4, -0.2) is 60.1 Å². The lowest BCUT2D eigenvalue weighted by atomic mass is 10.3. The second-order valence-electron chi connectivity index (χ2n) is 3.73. The fourth-order valence-electron chi connectivity index (χ4n) is 1.23. The van der Waals surface area contributed by atoms with Crippen LogP contribution in [0.3, 0.4) is 0 Å². The number of amides is 1. The van der Waals surface area contributed by atoms with Crippen molar-refractivity contribution < 1.29 is 14.3 Å². The number of anilines is 1. The number of carbonyl (C=O) groups is 1. The van der Waals surface area contributed by atoms with E-state index >= 15 is 0 Å². The first-order chi connectivity index (χ1) is 8.47. The van der Waals surface area contributed by atoms with Crippen LogP contribution < -0.4 is 14.8 Å². The summed E-state index contributed by atoms with van der Waals surface area (Å²) in [5.41, 5.74) is 0. The van der Waals surface area contributed by atoms with Crippen molar-refractivity contribution in [1.29, 1.82) is 0 Å². The third-order valence-electron chi connectivity index (χ3n) is 2.12. The topological polar surface area (TPSA) is 89.5 Å². The summed E-state index contributed by atoms with van der Waals surface area (Å²) < 4.78 is 9.82. The standard InChI is InChI=1S/C10H17N5O3/c1-6(7(16)15(2)3)11-8-12-9(17-4)14-10(13-8)18-5/h6H,1-5H3,(H,11,12,13,14). The molecule has 8 heteroatoms. The van der Waals surface area contributed by atoms with Crippen molar-refractivity contribution in [1.82, 2.24) is 19.9 Å². The minimum Gasteiger partial charge on any atom is -0.467 e. The Kier molecular flexibility index (Phi) is 4.64. The van der Waals surface area contributed by atoms with E-state index < -0.39 is 6.04 Å². The molecule has 1 amide bonds. The highest BCUT2D eigenvalue weighted by Crippen LogP contribution is 2.12. The van der Waals surface area contributed by atoms with Gasteiger partial charge in [0.05, 0.1) is 14.2 Å². The monoisotopic (exact) mass is 255 g/mol. The van der Waals surface area contributed by atoms with Crippen molar-refractivity contribution in [3.8, 4) is 12.0 Å². The Morgan fingerprint density at radius 3 is 2.06 bits per heavy atom. The second-order valence-corrected chi connectivity index (χ2v) is 3.73. The highest BCUT2D eigenvalue weighted by atomic mass is 16.5. The van der Waals surface area contributed by atoms with Gasteiger partial charge in [0, 0.05) is 14.1 Å². The molecule has 8 nitrogen and oxygen atoms in total. The van der Waals surface area contributed by atoms with Gasteiger partial charge in [-0.3, -0.25) is 4.79 Å². The summed E-state index contributed by atoms with van der Waals surface area (Å²) in [7, 11) is 6.23. The summed E-state index contributed by atoms with van der Waals surface area (Å²) in [5.74, 6) is 0.134. The molecule has 0 bridgehead atoms. The van der Waals surface area contributed by atoms with Crippen LogP contribution in [0.2, 0.25) is 0 Å². The summed E-state index contributed by atoms with van der Waals surface area (Å²) in [4.78, 5) is 25.0. The Bertz CT molecular complexity index is 402. The van der Waals surface area contributed by atoms with Gasteiger partial charge in [0.15, 0.2) is 0 Å². The molecular formula is C10H17N5O3. The molecule has 1 N–H and O–H groups in total. The number of methoxy groups -OCH3 is 2. The van der Waals surface area contributed by atoms with Gasteiger partial charge in [0.25, 0.3) is 0 Å². The van der Waals surface area contributed by atoms with Gasteiger partial charge in [0.1, 0.15) is 6.04 Å². The van der Waals surface area contributed by atoms with E-state index in [1.807, 2.05) is 0 Å². The second kappa shape index (κ2) is 5.99. The zero-order chi connectivity index (χ0) is 13.7. The Labute approximate surface area is 105 Å². The van der Waals surface area contributed by atoms with E-state index in [2.05, 4.69) is 20.3 Å². The van der Waals surface area contributed by atoms with Gasteiger partial charge >= 0.3 is 12.0 Å². The minimum absolute atomic E-state index is 0.0895. The number of carbonyl (C=O) groups excluding carboxylic acids is 1. The van der Waals surface area contributed by atoms with E-state index in [-0.39, 0.29) is 23.9 Å². The van der Waals surface area contributed by atoms with E-state index in [1.54, 1.807) is 21.0 Å². The van der Waals surface area contributed by atoms with Crippen molar-refractivity contribution in [2.75, 3.05) is 33.6 Å². The number of ether oxygens (including phenoxy) is 2. The fraction of sp³-hybridized carbons (Fsp3) is 0.600. The smallest absolute Gasteiger partial charge is 0.324 e. The van der Waals surface area contributed by atoms with Gasteiger partial charge in [-0.25, -0.2) is 0 Å². The molecule has 0 aromatic carbocycles. The maximum atomic E-state index is 11.7. The van der Waals surface area contributed by atoms with Crippen LogP contribution in [0, 0.1) is 0 Å². The SMILES string of the molecule is COc1nc(NC(C)C(=O)N(C)C)nc(OC)n1. The van der Waals surface area contributed by atoms with Crippen molar-refractivity contribution in [2.45, 2.75) is 13.0 Å². The third kappa shape index (κ3) is 3.44. The summed E-state index contributed by atoms with van der Waals surface area (Å²) in [5, 5.41) is 2.86. The van der Waals surface area contributed by atoms with Crippen LogP contribution in [-0.2, 0) is 4.79 Å². The number of rotatable bonds is 5. The first-order valence-corrected chi connectivity index (χ1v) is 5.29. The van der Waals surface area contributed by atoms with Gasteiger partial charge in [-0.05, 0) is 6.92 Å². The molecule has 100 valence electrons. The molecule has 1 rings (SSSR count). The Balaban J connectivity index is 2.86. The van der Waals surface area contributed by atoms with E-state index in [0.717, 1.165) is 0 Å². The average Bonchev–Trinajstić information content (AvgIpc) is 2.36. The molecule has 0 aliphatic carbocycles. The first-order valence-electron chi connectivity index (χ1n) is 5.29. The number of likely N-dealkylation sites (N-methyl/N-ethyl adjacent to an activating group) is 1. The normalized spacial score (nSPS) is 11.6. The van der Waals surface area contributed by atoms with Crippen molar-refractivity contribution in [2.24, 2.45) is 0 Å². The van der Waals surface area contributed by atoms with Crippen LogP contribution in [0.25, 0.3) is 0 Å². The number of nitrogens with zero attached hydrogens (tertiary/aromatic N) is 4. The van der Waals surface area contributed by atoms with Crippen molar-refractivity contribution >= 4 is 11.9 Å². The molecule has 0 fully saturated rings. The molecule has 1 unspecified atom stereocenters. The Morgan fingerprint density at radius 2 is 1.67 bits per heavy atom. The zero-order valence-corrected chi connectivity index (χ0v) is 11.1. The molecule has 0 radical (unpaired) electrons. The van der Waals surface area contributed by atoms with Crippen LogP contribution in [0.5, 0.6) is 12.0 Å². The maximum absolute atomic E-state index is 11.7. The summed E-state index contributed by atoms with van der Waals surface area (Å²) >= 11 is 0. The van der Waals surface area contributed by atoms with E-state index in [1.165, 1.54) is 19.1 Å². The quantitative estimate of drug-likeness (QED) is 0.777. The molecule has 1 aromatic rings. The lowest BCUT2D eigenvalue weighted by molar-refractivity contribution is -0.129. The predicted molar refractivity (Wildman–Crippen MR) is 64.7 cm³/mol. The molecule has 0 spiro atoms. The molecule has 18 heavy (non-hydrogen) atoms. The lowest BCUT2D eigenvalue weighted by Crippen LogP contribution is -2.37. The molecule has 1 heterocycles. The summed E-state index contributed by atoms with van der Waals surface area (Å²) in [6.45, 7) is 1.71. The molecule has 1 atom stereocenters. The molecule has 0 aliphatic rings. The van der Waals surface area contributed by atoms with Crippen LogP contribution in [0.4, 0.5) is 5.95 Å². The summed E-state index contributed by atoms with van der Waals surface area (Å²) in [6.07, 6.45) is 0. The highest BCUT2D eigenvalue weighted by molar-refractivity contribution is 5.83. The first kappa shape index (κ1) is 13.9. The van der Waals surface area contributed by atoms with Gasteiger partial charge < -0.3 is 19.7 Å². The zero-order valence-electron chi connectivity index (χ0n) is 11.1. The number of nitrogens with one attached hydrogen (secondary N) is 1. The number of hydrogen-bond acceptors (Lipinski definition) is 7. The van der Waals surface area contributed by atoms with Gasteiger partial charge in [0.2, 0.25) is 11.9 Å². The van der Waals surface area contributed by atoms with E-state index in [4.69, 9.17) is 9.47 Å². The predicted octanol–water partition coefficient (Wildman–Crippen LogP) is -0.223. The molecule has 0 aliphatic heterocycles. The van der Waals surface area contributed by atoms with Crippen molar-refractivity contribution in [3.05, 3.63) is 0 Å². The lowest BCUT2D eigenvalue weighted by Gasteiger charge is -2.18. The molecule has 0 saturated carbocycles. The Morgan fingerprint density at radius 1 is 1.17 bits per heavy atom. The third-order valence-corrected chi connectivity index (χ3v) is 2.12. The molecular weight excluding hydrogens is 238 g/mol.